The molecule has 0 bridgehead atoms. The number of carbonyl (C=O) groups is 1. The van der Waals surface area contributed by atoms with Crippen molar-refractivity contribution in [3.05, 3.63) is 22.8 Å². The van der Waals surface area contributed by atoms with E-state index in [1.54, 1.807) is 6.07 Å². The van der Waals surface area contributed by atoms with Crippen molar-refractivity contribution in [1.82, 2.24) is 4.98 Å². The average molecular weight is 298 g/mol. The van der Waals surface area contributed by atoms with Crippen molar-refractivity contribution >= 4 is 23.3 Å². The van der Waals surface area contributed by atoms with Crippen LogP contribution in [0, 0.1) is 0 Å². The molecule has 1 saturated heterocycles. The van der Waals surface area contributed by atoms with Gasteiger partial charge >= 0.3 is 0 Å². The summed E-state index contributed by atoms with van der Waals surface area (Å²) in [5, 5.41) is 0.426. The van der Waals surface area contributed by atoms with E-state index in [-0.39, 0.29) is 11.2 Å². The molecule has 5 nitrogen and oxygen atoms in total. The number of rotatable bonds is 2. The van der Waals surface area contributed by atoms with Crippen LogP contribution in [0.3, 0.4) is 0 Å². The Kier molecular flexibility index (Phi) is 3.69. The number of nitrogens with zero attached hydrogens (tertiary/aromatic N) is 2. The summed E-state index contributed by atoms with van der Waals surface area (Å²) in [6.45, 7) is 9.50. The normalized spacial score (nSPS) is 20.8. The number of amides is 1. The van der Waals surface area contributed by atoms with E-state index in [0.717, 1.165) is 0 Å². The van der Waals surface area contributed by atoms with Crippen LogP contribution in [0.1, 0.15) is 38.1 Å². The topological polar surface area (TPSA) is 68.5 Å². The number of halogens is 1. The Morgan fingerprint density at radius 2 is 1.90 bits per heavy atom. The van der Waals surface area contributed by atoms with E-state index in [2.05, 4.69) is 9.88 Å². The third-order valence-corrected chi connectivity index (χ3v) is 3.38. The Morgan fingerprint density at radius 1 is 1.35 bits per heavy atom. The van der Waals surface area contributed by atoms with Gasteiger partial charge in [0.25, 0.3) is 0 Å². The summed E-state index contributed by atoms with van der Waals surface area (Å²) in [6.07, 6.45) is 1.46. The highest BCUT2D eigenvalue weighted by Gasteiger charge is 2.39. The molecule has 0 radical (unpaired) electrons. The van der Waals surface area contributed by atoms with Gasteiger partial charge in [-0.1, -0.05) is 11.6 Å². The van der Waals surface area contributed by atoms with E-state index in [9.17, 15) is 4.79 Å². The Bertz CT molecular complexity index is 527. The molecule has 2 rings (SSSR count). The van der Waals surface area contributed by atoms with Crippen LogP contribution in [0.4, 0.5) is 5.82 Å². The number of primary amides is 1. The first-order chi connectivity index (χ1) is 9.10. The highest BCUT2D eigenvalue weighted by atomic mass is 35.5. The molecule has 1 aromatic rings. The maximum Gasteiger partial charge on any atom is 0.250 e. The van der Waals surface area contributed by atoms with Gasteiger partial charge in [0, 0.05) is 19.3 Å². The zero-order chi connectivity index (χ0) is 15.1. The largest absolute Gasteiger partial charge is 0.366 e. The summed E-state index contributed by atoms with van der Waals surface area (Å²) in [6, 6.07) is 1.56. The fourth-order valence-corrected chi connectivity index (χ4v) is 3.02. The standard InChI is InChI=1S/C14H20ClN3O2/c1-13(2)7-18(8-14(3,4)20-13)12-10(15)5-9(6-17-12)11(16)19/h5-6H,7-8H2,1-4H3,(H2,16,19). The molecular formula is C14H20ClN3O2. The van der Waals surface area contributed by atoms with Crippen LogP contribution in [0.25, 0.3) is 0 Å². The van der Waals surface area contributed by atoms with Crippen molar-refractivity contribution in [1.29, 1.82) is 0 Å². The van der Waals surface area contributed by atoms with Gasteiger partial charge in [-0.05, 0) is 33.8 Å². The first kappa shape index (κ1) is 15.1. The third kappa shape index (κ3) is 3.22. The number of morpholine rings is 1. The molecule has 2 heterocycles. The number of nitrogens with two attached hydrogens (primary N) is 1. The summed E-state index contributed by atoms with van der Waals surface area (Å²) in [4.78, 5) is 17.5. The Labute approximate surface area is 124 Å². The zero-order valence-electron chi connectivity index (χ0n) is 12.2. The average Bonchev–Trinajstić information content (AvgIpc) is 2.24. The lowest BCUT2D eigenvalue weighted by molar-refractivity contribution is -0.133. The van der Waals surface area contributed by atoms with Gasteiger partial charge in [0.05, 0.1) is 21.8 Å². The van der Waals surface area contributed by atoms with Crippen LogP contribution >= 0.6 is 11.6 Å². The van der Waals surface area contributed by atoms with Crippen LogP contribution in [0.5, 0.6) is 0 Å². The molecule has 0 aromatic carbocycles. The third-order valence-electron chi connectivity index (χ3n) is 3.10. The lowest BCUT2D eigenvalue weighted by atomic mass is 9.99. The fraction of sp³-hybridized carbons (Fsp3) is 0.571. The lowest BCUT2D eigenvalue weighted by Crippen LogP contribution is -2.57. The second-order valence-corrected chi connectivity index (χ2v) is 6.78. The first-order valence-electron chi connectivity index (χ1n) is 6.50. The molecule has 1 aromatic heterocycles. The molecule has 0 saturated carbocycles. The molecular weight excluding hydrogens is 278 g/mol. The summed E-state index contributed by atoms with van der Waals surface area (Å²) in [5.74, 6) is 0.120. The monoisotopic (exact) mass is 297 g/mol. The molecule has 0 aliphatic carbocycles. The Hall–Kier alpha value is -1.33. The van der Waals surface area contributed by atoms with E-state index >= 15 is 0 Å². The van der Waals surface area contributed by atoms with E-state index in [4.69, 9.17) is 22.1 Å². The molecule has 0 spiro atoms. The molecule has 0 atom stereocenters. The molecule has 0 unspecified atom stereocenters. The molecule has 110 valence electrons. The highest BCUT2D eigenvalue weighted by Crippen LogP contribution is 2.33. The summed E-state index contributed by atoms with van der Waals surface area (Å²) in [7, 11) is 0. The first-order valence-corrected chi connectivity index (χ1v) is 6.88. The van der Waals surface area contributed by atoms with Crippen molar-refractivity contribution in [2.45, 2.75) is 38.9 Å². The van der Waals surface area contributed by atoms with Crippen LogP contribution in [-0.2, 0) is 4.74 Å². The second-order valence-electron chi connectivity index (χ2n) is 6.37. The minimum absolute atomic E-state index is 0.297. The Balaban J connectivity index is 2.34. The van der Waals surface area contributed by atoms with Gasteiger partial charge in [0.15, 0.2) is 0 Å². The summed E-state index contributed by atoms with van der Waals surface area (Å²) in [5.41, 5.74) is 4.94. The SMILES string of the molecule is CC1(C)CN(c2ncc(C(N)=O)cc2Cl)CC(C)(C)O1. The molecule has 1 amide bonds. The molecule has 1 aliphatic rings. The number of anilines is 1. The molecule has 1 aliphatic heterocycles. The van der Waals surface area contributed by atoms with Gasteiger partial charge in [-0.25, -0.2) is 4.98 Å². The van der Waals surface area contributed by atoms with Crippen molar-refractivity contribution in [2.24, 2.45) is 5.73 Å². The van der Waals surface area contributed by atoms with E-state index < -0.39 is 5.91 Å². The van der Waals surface area contributed by atoms with Gasteiger partial charge in [0.1, 0.15) is 5.82 Å². The number of carbonyl (C=O) groups excluding carboxylic acids is 1. The minimum Gasteiger partial charge on any atom is -0.366 e. The molecule has 6 heteroatoms. The van der Waals surface area contributed by atoms with Crippen molar-refractivity contribution in [3.63, 3.8) is 0 Å². The van der Waals surface area contributed by atoms with Gasteiger partial charge in [0.2, 0.25) is 5.91 Å². The fourth-order valence-electron chi connectivity index (χ4n) is 2.74. The van der Waals surface area contributed by atoms with Gasteiger partial charge < -0.3 is 15.4 Å². The molecule has 1 fully saturated rings. The van der Waals surface area contributed by atoms with Gasteiger partial charge in [-0.3, -0.25) is 4.79 Å². The predicted molar refractivity (Wildman–Crippen MR) is 79.2 cm³/mol. The van der Waals surface area contributed by atoms with Crippen molar-refractivity contribution in [2.75, 3.05) is 18.0 Å². The van der Waals surface area contributed by atoms with E-state index in [0.29, 0.717) is 29.5 Å². The van der Waals surface area contributed by atoms with Crippen molar-refractivity contribution < 1.29 is 9.53 Å². The van der Waals surface area contributed by atoms with Crippen LogP contribution in [0.15, 0.2) is 12.3 Å². The minimum atomic E-state index is -0.534. The van der Waals surface area contributed by atoms with E-state index in [1.807, 2.05) is 27.7 Å². The van der Waals surface area contributed by atoms with Crippen molar-refractivity contribution in [3.8, 4) is 0 Å². The number of hydrogen-bond acceptors (Lipinski definition) is 4. The van der Waals surface area contributed by atoms with Crippen LogP contribution in [-0.4, -0.2) is 35.2 Å². The summed E-state index contributed by atoms with van der Waals surface area (Å²) >= 11 is 6.24. The van der Waals surface area contributed by atoms with Gasteiger partial charge in [-0.2, -0.15) is 0 Å². The van der Waals surface area contributed by atoms with Crippen LogP contribution < -0.4 is 10.6 Å². The molecule has 20 heavy (non-hydrogen) atoms. The quantitative estimate of drug-likeness (QED) is 0.909. The lowest BCUT2D eigenvalue weighted by Gasteiger charge is -2.47. The maximum atomic E-state index is 11.1. The number of ether oxygens (including phenoxy) is 1. The smallest absolute Gasteiger partial charge is 0.250 e. The maximum absolute atomic E-state index is 11.1. The van der Waals surface area contributed by atoms with Gasteiger partial charge in [-0.15, -0.1) is 0 Å². The predicted octanol–water partition coefficient (Wildman–Crippen LogP) is 2.23. The number of pyridine rings is 1. The second kappa shape index (κ2) is 4.90. The zero-order valence-corrected chi connectivity index (χ0v) is 13.0. The van der Waals surface area contributed by atoms with Crippen LogP contribution in [0.2, 0.25) is 5.02 Å². The Morgan fingerprint density at radius 3 is 2.35 bits per heavy atom. The summed E-state index contributed by atoms with van der Waals surface area (Å²) < 4.78 is 6.03. The number of aromatic nitrogens is 1. The highest BCUT2D eigenvalue weighted by molar-refractivity contribution is 6.33. The number of hydrogen-bond donors (Lipinski definition) is 1. The molecule has 2 N–H and O–H groups in total. The van der Waals surface area contributed by atoms with E-state index in [1.165, 1.54) is 6.20 Å².